The number of carbonyl (C=O) groups excluding carboxylic acids is 1. The number of thiophene rings is 1. The van der Waals surface area contributed by atoms with Crippen LogP contribution in [0.1, 0.15) is 22.5 Å². The van der Waals surface area contributed by atoms with E-state index in [-0.39, 0.29) is 5.78 Å². The van der Waals surface area contributed by atoms with E-state index in [9.17, 15) is 4.79 Å². The van der Waals surface area contributed by atoms with E-state index in [1.165, 1.54) is 37.3 Å². The molecule has 2 heterocycles. The van der Waals surface area contributed by atoms with Crippen LogP contribution in [-0.2, 0) is 0 Å². The van der Waals surface area contributed by atoms with Crippen molar-refractivity contribution >= 4 is 17.1 Å². The van der Waals surface area contributed by atoms with Crippen molar-refractivity contribution in [2.45, 2.75) is 12.8 Å². The zero-order chi connectivity index (χ0) is 13.0. The highest BCUT2D eigenvalue weighted by atomic mass is 32.1. The number of likely N-dealkylation sites (N-methyl/N-ethyl adjacent to an activating group) is 1. The number of nitrogens with zero attached hydrogens (tertiary/aromatic N) is 2. The second-order valence-electron chi connectivity index (χ2n) is 5.34. The first-order chi connectivity index (χ1) is 8.65. The van der Waals surface area contributed by atoms with Gasteiger partial charge in [0.15, 0.2) is 5.78 Å². The van der Waals surface area contributed by atoms with E-state index in [1.807, 2.05) is 17.5 Å². The number of Topliss-reactive ketones (excluding diaryl/α,β-unsaturated/α-hetero) is 1. The molecule has 0 atom stereocenters. The predicted octanol–water partition coefficient (Wildman–Crippen LogP) is 2.20. The summed E-state index contributed by atoms with van der Waals surface area (Å²) in [6.07, 6.45) is 2.52. The fourth-order valence-electron chi connectivity index (χ4n) is 2.51. The van der Waals surface area contributed by atoms with Crippen molar-refractivity contribution in [3.05, 3.63) is 22.4 Å². The highest BCUT2D eigenvalue weighted by Gasteiger charge is 2.19. The lowest BCUT2D eigenvalue weighted by atomic mass is 9.96. The number of likely N-dealkylation sites (tertiary alicyclic amines) is 1. The fourth-order valence-corrected chi connectivity index (χ4v) is 3.17. The fraction of sp³-hybridized carbons (Fsp3) is 0.643. The Kier molecular flexibility index (Phi) is 4.92. The van der Waals surface area contributed by atoms with Gasteiger partial charge in [0.1, 0.15) is 0 Å². The first-order valence-corrected chi connectivity index (χ1v) is 7.47. The Morgan fingerprint density at radius 2 is 2.22 bits per heavy atom. The molecule has 0 radical (unpaired) electrons. The maximum Gasteiger partial charge on any atom is 0.186 e. The summed E-state index contributed by atoms with van der Waals surface area (Å²) in [6.45, 7) is 3.98. The van der Waals surface area contributed by atoms with Gasteiger partial charge in [-0.2, -0.15) is 0 Å². The molecule has 0 spiro atoms. The standard InChI is InChI=1S/C14H22N2OS/c1-15-7-5-12(6-8-15)10-16(2)11-13(17)14-4-3-9-18-14/h3-4,9,12H,5-8,10-11H2,1-2H3. The number of rotatable bonds is 5. The molecule has 4 heteroatoms. The van der Waals surface area contributed by atoms with Crippen LogP contribution in [-0.4, -0.2) is 55.9 Å². The average molecular weight is 266 g/mol. The van der Waals surface area contributed by atoms with Crippen LogP contribution in [0.25, 0.3) is 0 Å². The number of hydrogen-bond acceptors (Lipinski definition) is 4. The van der Waals surface area contributed by atoms with Crippen molar-refractivity contribution in [1.82, 2.24) is 9.80 Å². The normalized spacial score (nSPS) is 18.4. The van der Waals surface area contributed by atoms with E-state index in [1.54, 1.807) is 0 Å². The van der Waals surface area contributed by atoms with Crippen molar-refractivity contribution in [3.8, 4) is 0 Å². The van der Waals surface area contributed by atoms with Gasteiger partial charge in [-0.05, 0) is 57.4 Å². The van der Waals surface area contributed by atoms with Gasteiger partial charge in [-0.1, -0.05) is 6.07 Å². The third kappa shape index (κ3) is 3.90. The van der Waals surface area contributed by atoms with Crippen molar-refractivity contribution in [1.29, 1.82) is 0 Å². The van der Waals surface area contributed by atoms with Crippen LogP contribution in [0.3, 0.4) is 0 Å². The van der Waals surface area contributed by atoms with E-state index < -0.39 is 0 Å². The Labute approximate surface area is 113 Å². The van der Waals surface area contributed by atoms with Gasteiger partial charge in [-0.25, -0.2) is 0 Å². The van der Waals surface area contributed by atoms with Gasteiger partial charge >= 0.3 is 0 Å². The van der Waals surface area contributed by atoms with Gasteiger partial charge in [0, 0.05) is 6.54 Å². The molecule has 0 unspecified atom stereocenters. The third-order valence-corrected chi connectivity index (χ3v) is 4.53. The average Bonchev–Trinajstić information content (AvgIpc) is 2.85. The van der Waals surface area contributed by atoms with Gasteiger partial charge in [-0.3, -0.25) is 9.69 Å². The van der Waals surface area contributed by atoms with Crippen molar-refractivity contribution < 1.29 is 4.79 Å². The summed E-state index contributed by atoms with van der Waals surface area (Å²) in [5.74, 6) is 1.00. The van der Waals surface area contributed by atoms with Gasteiger partial charge in [0.2, 0.25) is 0 Å². The highest BCUT2D eigenvalue weighted by Crippen LogP contribution is 2.17. The molecule has 0 bridgehead atoms. The Morgan fingerprint density at radius 1 is 1.50 bits per heavy atom. The van der Waals surface area contributed by atoms with Gasteiger partial charge < -0.3 is 4.90 Å². The molecule has 0 aliphatic carbocycles. The van der Waals surface area contributed by atoms with Crippen LogP contribution in [0.5, 0.6) is 0 Å². The zero-order valence-electron chi connectivity index (χ0n) is 11.3. The minimum atomic E-state index is 0.250. The second kappa shape index (κ2) is 6.45. The van der Waals surface area contributed by atoms with Crippen LogP contribution >= 0.6 is 11.3 Å². The highest BCUT2D eigenvalue weighted by molar-refractivity contribution is 7.12. The summed E-state index contributed by atoms with van der Waals surface area (Å²) in [7, 11) is 4.24. The lowest BCUT2D eigenvalue weighted by molar-refractivity contribution is 0.0929. The first kappa shape index (κ1) is 13.7. The minimum absolute atomic E-state index is 0.250. The van der Waals surface area contributed by atoms with E-state index in [0.29, 0.717) is 6.54 Å². The molecule has 100 valence electrons. The van der Waals surface area contributed by atoms with Crippen LogP contribution in [0.4, 0.5) is 0 Å². The van der Waals surface area contributed by atoms with E-state index in [4.69, 9.17) is 0 Å². The molecular formula is C14H22N2OS. The molecule has 0 N–H and O–H groups in total. The Hall–Kier alpha value is -0.710. The number of carbonyl (C=O) groups is 1. The van der Waals surface area contributed by atoms with Crippen LogP contribution in [0, 0.1) is 5.92 Å². The van der Waals surface area contributed by atoms with E-state index >= 15 is 0 Å². The quantitative estimate of drug-likeness (QED) is 0.763. The summed E-state index contributed by atoms with van der Waals surface area (Å²) in [4.78, 5) is 17.4. The molecule has 18 heavy (non-hydrogen) atoms. The molecule has 1 aliphatic heterocycles. The molecule has 1 aromatic heterocycles. The molecule has 3 nitrogen and oxygen atoms in total. The van der Waals surface area contributed by atoms with Gasteiger partial charge in [0.05, 0.1) is 11.4 Å². The summed E-state index contributed by atoms with van der Waals surface area (Å²) in [6, 6.07) is 3.85. The predicted molar refractivity (Wildman–Crippen MR) is 76.4 cm³/mol. The maximum absolute atomic E-state index is 12.0. The van der Waals surface area contributed by atoms with Crippen molar-refractivity contribution in [3.63, 3.8) is 0 Å². The third-order valence-electron chi connectivity index (χ3n) is 3.62. The van der Waals surface area contributed by atoms with Crippen LogP contribution < -0.4 is 0 Å². The second-order valence-corrected chi connectivity index (χ2v) is 6.29. The molecular weight excluding hydrogens is 244 g/mol. The van der Waals surface area contributed by atoms with Crippen LogP contribution in [0.2, 0.25) is 0 Å². The molecule has 2 rings (SSSR count). The maximum atomic E-state index is 12.0. The Balaban J connectivity index is 1.75. The first-order valence-electron chi connectivity index (χ1n) is 6.59. The van der Waals surface area contributed by atoms with Crippen LogP contribution in [0.15, 0.2) is 17.5 Å². The lowest BCUT2D eigenvalue weighted by Gasteiger charge is -2.31. The molecule has 1 fully saturated rings. The topological polar surface area (TPSA) is 23.6 Å². The van der Waals surface area contributed by atoms with Gasteiger partial charge in [0.25, 0.3) is 0 Å². The monoisotopic (exact) mass is 266 g/mol. The number of piperidine rings is 1. The molecule has 0 aromatic carbocycles. The summed E-state index contributed by atoms with van der Waals surface area (Å²) >= 11 is 1.54. The number of hydrogen-bond donors (Lipinski definition) is 0. The van der Waals surface area contributed by atoms with E-state index in [0.717, 1.165) is 17.3 Å². The smallest absolute Gasteiger partial charge is 0.186 e. The number of ketones is 1. The largest absolute Gasteiger partial charge is 0.306 e. The molecule has 0 amide bonds. The van der Waals surface area contributed by atoms with Crippen molar-refractivity contribution in [2.24, 2.45) is 5.92 Å². The SMILES string of the molecule is CN1CCC(CN(C)CC(=O)c2cccs2)CC1. The molecule has 1 saturated heterocycles. The zero-order valence-corrected chi connectivity index (χ0v) is 12.1. The van der Waals surface area contributed by atoms with Gasteiger partial charge in [-0.15, -0.1) is 11.3 Å². The van der Waals surface area contributed by atoms with E-state index in [2.05, 4.69) is 23.9 Å². The minimum Gasteiger partial charge on any atom is -0.306 e. The summed E-state index contributed by atoms with van der Waals surface area (Å²) < 4.78 is 0. The molecule has 1 aliphatic rings. The summed E-state index contributed by atoms with van der Waals surface area (Å²) in [5, 5.41) is 1.96. The molecule has 0 saturated carbocycles. The van der Waals surface area contributed by atoms with Crippen molar-refractivity contribution in [2.75, 3.05) is 40.3 Å². The molecule has 1 aromatic rings. The Bertz CT molecular complexity index is 369. The Morgan fingerprint density at radius 3 is 2.83 bits per heavy atom. The summed E-state index contributed by atoms with van der Waals surface area (Å²) in [5.41, 5.74) is 0. The lowest BCUT2D eigenvalue weighted by Crippen LogP contribution is -2.37.